The molecule has 0 bridgehead atoms. The maximum absolute atomic E-state index is 13.9. The van der Waals surface area contributed by atoms with Crippen molar-refractivity contribution in [3.8, 4) is 0 Å². The van der Waals surface area contributed by atoms with Crippen molar-refractivity contribution in [1.29, 1.82) is 0 Å². The molecule has 0 amide bonds. The van der Waals surface area contributed by atoms with E-state index in [2.05, 4.69) is 103 Å². The molecule has 1 aliphatic heterocycles. The molecule has 1 aliphatic rings. The lowest BCUT2D eigenvalue weighted by Gasteiger charge is -2.48. The van der Waals surface area contributed by atoms with E-state index in [9.17, 15) is 4.79 Å². The maximum Gasteiger partial charge on any atom is 0.167 e. The second kappa shape index (κ2) is 10.2. The van der Waals surface area contributed by atoms with Gasteiger partial charge in [-0.05, 0) is 28.5 Å². The van der Waals surface area contributed by atoms with E-state index in [1.165, 1.54) is 16.7 Å². The highest BCUT2D eigenvalue weighted by Crippen LogP contribution is 2.48. The van der Waals surface area contributed by atoms with Gasteiger partial charge >= 0.3 is 0 Å². The van der Waals surface area contributed by atoms with Gasteiger partial charge in [0.25, 0.3) is 0 Å². The highest BCUT2D eigenvalue weighted by Gasteiger charge is 2.45. The van der Waals surface area contributed by atoms with Gasteiger partial charge in [-0.1, -0.05) is 128 Å². The average Bonchev–Trinajstić information content (AvgIpc) is 2.90. The van der Waals surface area contributed by atoms with E-state index < -0.39 is 0 Å². The molecule has 0 spiro atoms. The van der Waals surface area contributed by atoms with Gasteiger partial charge in [-0.3, -0.25) is 9.69 Å². The summed E-state index contributed by atoms with van der Waals surface area (Å²) in [6.45, 7) is 3.88. The first-order valence-corrected chi connectivity index (χ1v) is 12.2. The molecule has 1 saturated heterocycles. The van der Waals surface area contributed by atoms with Crippen molar-refractivity contribution in [2.75, 3.05) is 6.54 Å². The molecule has 170 valence electrons. The van der Waals surface area contributed by atoms with Crippen molar-refractivity contribution in [3.05, 3.63) is 144 Å². The lowest BCUT2D eigenvalue weighted by molar-refractivity contribution is 0.0321. The molecule has 0 aliphatic carbocycles. The number of hydrogen-bond donors (Lipinski definition) is 0. The normalized spacial score (nSPS) is 22.9. The number of piperidine rings is 1. The Bertz CT molecular complexity index is 1190. The fourth-order valence-corrected chi connectivity index (χ4v) is 5.79. The zero-order valence-corrected chi connectivity index (χ0v) is 19.6. The van der Waals surface area contributed by atoms with Crippen LogP contribution in [0, 0.1) is 11.8 Å². The molecule has 5 rings (SSSR count). The molecular formula is C32H31NO. The summed E-state index contributed by atoms with van der Waals surface area (Å²) in [5, 5.41) is 0. The second-order valence-electron chi connectivity index (χ2n) is 9.40. The van der Waals surface area contributed by atoms with Crippen molar-refractivity contribution in [3.63, 3.8) is 0 Å². The van der Waals surface area contributed by atoms with E-state index in [0.717, 1.165) is 18.7 Å². The molecule has 0 unspecified atom stereocenters. The lowest BCUT2D eigenvalue weighted by Crippen LogP contribution is -2.48. The van der Waals surface area contributed by atoms with Gasteiger partial charge in [0.05, 0.1) is 0 Å². The Balaban J connectivity index is 1.59. The summed E-state index contributed by atoms with van der Waals surface area (Å²) < 4.78 is 0. The van der Waals surface area contributed by atoms with Crippen LogP contribution in [0.25, 0.3) is 0 Å². The van der Waals surface area contributed by atoms with Crippen LogP contribution in [0.2, 0.25) is 0 Å². The van der Waals surface area contributed by atoms with Crippen LogP contribution < -0.4 is 0 Å². The van der Waals surface area contributed by atoms with E-state index in [0.29, 0.717) is 0 Å². The van der Waals surface area contributed by atoms with Crippen LogP contribution in [-0.4, -0.2) is 17.2 Å². The Morgan fingerprint density at radius 3 is 1.79 bits per heavy atom. The van der Waals surface area contributed by atoms with E-state index in [-0.39, 0.29) is 29.6 Å². The molecule has 34 heavy (non-hydrogen) atoms. The van der Waals surface area contributed by atoms with Gasteiger partial charge in [-0.2, -0.15) is 0 Å². The van der Waals surface area contributed by atoms with Gasteiger partial charge in [-0.25, -0.2) is 0 Å². The Labute approximate surface area is 202 Å². The van der Waals surface area contributed by atoms with Crippen molar-refractivity contribution in [2.45, 2.75) is 25.4 Å². The van der Waals surface area contributed by atoms with Gasteiger partial charge < -0.3 is 0 Å². The Morgan fingerprint density at radius 2 is 1.21 bits per heavy atom. The number of likely N-dealkylation sites (tertiary alicyclic amines) is 1. The van der Waals surface area contributed by atoms with Gasteiger partial charge in [0, 0.05) is 30.6 Å². The molecule has 0 saturated carbocycles. The fourth-order valence-electron chi connectivity index (χ4n) is 5.79. The first-order valence-electron chi connectivity index (χ1n) is 12.2. The van der Waals surface area contributed by atoms with Crippen molar-refractivity contribution >= 4 is 5.78 Å². The molecule has 2 heteroatoms. The number of rotatable bonds is 6. The van der Waals surface area contributed by atoms with E-state index in [4.69, 9.17) is 0 Å². The third kappa shape index (κ3) is 4.60. The largest absolute Gasteiger partial charge is 0.294 e. The zero-order valence-electron chi connectivity index (χ0n) is 19.6. The first-order chi connectivity index (χ1) is 16.7. The average molecular weight is 446 g/mol. The molecule has 2 nitrogen and oxygen atoms in total. The standard InChI is InChI=1S/C32H31NO/c1-24-30(26-16-8-3-9-17-26)29(32(34)28-20-12-5-13-21-28)23-33(22-25-14-6-2-7-15-25)31(24)27-18-10-4-11-19-27/h2-21,24,29-31H,22-23H2,1H3/t24-,29+,30-,31+/m1/s1. The SMILES string of the molecule is C[C@@H]1[C@H](c2ccccc2)[C@@H](C(=O)c2ccccc2)CN(Cc2ccccc2)[C@@H]1c1ccccc1. The number of ketones is 1. The Kier molecular flexibility index (Phi) is 6.69. The number of benzene rings is 4. The summed E-state index contributed by atoms with van der Waals surface area (Å²) in [6, 6.07) is 42.1. The minimum atomic E-state index is -0.108. The van der Waals surface area contributed by atoms with Crippen LogP contribution in [0.3, 0.4) is 0 Å². The van der Waals surface area contributed by atoms with Gasteiger partial charge in [0.2, 0.25) is 0 Å². The Hall–Kier alpha value is -3.49. The van der Waals surface area contributed by atoms with Crippen LogP contribution in [0.1, 0.15) is 45.9 Å². The number of carbonyl (C=O) groups is 1. The first kappa shape index (κ1) is 22.3. The van der Waals surface area contributed by atoms with Crippen molar-refractivity contribution in [1.82, 2.24) is 4.90 Å². The number of hydrogen-bond acceptors (Lipinski definition) is 2. The second-order valence-corrected chi connectivity index (χ2v) is 9.40. The van der Waals surface area contributed by atoms with Crippen LogP contribution in [0.5, 0.6) is 0 Å². The third-order valence-corrected chi connectivity index (χ3v) is 7.27. The van der Waals surface area contributed by atoms with E-state index >= 15 is 0 Å². The topological polar surface area (TPSA) is 20.3 Å². The van der Waals surface area contributed by atoms with Crippen LogP contribution in [-0.2, 0) is 6.54 Å². The lowest BCUT2D eigenvalue weighted by atomic mass is 9.67. The highest BCUT2D eigenvalue weighted by molar-refractivity contribution is 5.98. The predicted octanol–water partition coefficient (Wildman–Crippen LogP) is 7.16. The summed E-state index contributed by atoms with van der Waals surface area (Å²) >= 11 is 0. The van der Waals surface area contributed by atoms with Crippen molar-refractivity contribution < 1.29 is 4.79 Å². The summed E-state index contributed by atoms with van der Waals surface area (Å²) in [5.41, 5.74) is 4.65. The third-order valence-electron chi connectivity index (χ3n) is 7.27. The molecule has 1 heterocycles. The molecule has 0 radical (unpaired) electrons. The number of Topliss-reactive ketones (excluding diaryl/α,β-unsaturated/α-hetero) is 1. The number of carbonyl (C=O) groups excluding carboxylic acids is 1. The summed E-state index contributed by atoms with van der Waals surface area (Å²) in [7, 11) is 0. The van der Waals surface area contributed by atoms with Crippen LogP contribution in [0.4, 0.5) is 0 Å². The maximum atomic E-state index is 13.9. The molecule has 4 aromatic rings. The summed E-state index contributed by atoms with van der Waals surface area (Å²) in [5.74, 6) is 0.542. The molecular weight excluding hydrogens is 414 g/mol. The Morgan fingerprint density at radius 1 is 0.706 bits per heavy atom. The number of nitrogens with zero attached hydrogens (tertiary/aromatic N) is 1. The minimum Gasteiger partial charge on any atom is -0.294 e. The van der Waals surface area contributed by atoms with E-state index in [1.54, 1.807) is 0 Å². The smallest absolute Gasteiger partial charge is 0.167 e. The minimum absolute atomic E-state index is 0.108. The fraction of sp³-hybridized carbons (Fsp3) is 0.219. The quantitative estimate of drug-likeness (QED) is 0.293. The highest BCUT2D eigenvalue weighted by atomic mass is 16.1. The molecule has 0 aromatic heterocycles. The molecule has 1 fully saturated rings. The van der Waals surface area contributed by atoms with Gasteiger partial charge in [-0.15, -0.1) is 0 Å². The van der Waals surface area contributed by atoms with E-state index in [1.807, 2.05) is 30.3 Å². The van der Waals surface area contributed by atoms with Gasteiger partial charge in [0.1, 0.15) is 0 Å². The molecule has 4 aromatic carbocycles. The van der Waals surface area contributed by atoms with Crippen LogP contribution >= 0.6 is 0 Å². The summed E-state index contributed by atoms with van der Waals surface area (Å²) in [4.78, 5) is 16.5. The predicted molar refractivity (Wildman–Crippen MR) is 139 cm³/mol. The van der Waals surface area contributed by atoms with Crippen LogP contribution in [0.15, 0.2) is 121 Å². The molecule has 4 atom stereocenters. The van der Waals surface area contributed by atoms with Crippen molar-refractivity contribution in [2.24, 2.45) is 11.8 Å². The zero-order chi connectivity index (χ0) is 23.3. The molecule has 0 N–H and O–H groups in total. The summed E-state index contributed by atoms with van der Waals surface area (Å²) in [6.07, 6.45) is 0. The monoisotopic (exact) mass is 445 g/mol. The van der Waals surface area contributed by atoms with Gasteiger partial charge in [0.15, 0.2) is 5.78 Å².